The van der Waals surface area contributed by atoms with Gasteiger partial charge in [0.25, 0.3) is 0 Å². The Kier molecular flexibility index (Phi) is 1.81. The van der Waals surface area contributed by atoms with Gasteiger partial charge in [-0.1, -0.05) is 0 Å². The van der Waals surface area contributed by atoms with Crippen LogP contribution in [0, 0.1) is 0 Å². The Balaban J connectivity index is 2.16. The molecule has 2 rings (SSSR count). The average Bonchev–Trinajstić information content (AvgIpc) is 2.58. The summed E-state index contributed by atoms with van der Waals surface area (Å²) in [6.45, 7) is 1.12. The molecule has 1 aliphatic rings. The highest BCUT2D eigenvalue weighted by Gasteiger charge is 2.16. The Labute approximate surface area is 65.9 Å². The van der Waals surface area contributed by atoms with Gasteiger partial charge in [0.05, 0.1) is 5.69 Å². The number of rotatable bonds is 1. The van der Waals surface area contributed by atoms with Crippen molar-refractivity contribution in [2.24, 2.45) is 0 Å². The van der Waals surface area contributed by atoms with E-state index in [1.54, 1.807) is 12.5 Å². The molecule has 1 saturated heterocycles. The molecular formula is C8H11N3. The fraction of sp³-hybridized carbons (Fsp3) is 0.500. The number of hydrogen-bond acceptors (Lipinski definition) is 3. The van der Waals surface area contributed by atoms with Gasteiger partial charge in [-0.05, 0) is 25.5 Å². The van der Waals surface area contributed by atoms with E-state index in [2.05, 4.69) is 15.3 Å². The summed E-state index contributed by atoms with van der Waals surface area (Å²) in [4.78, 5) is 8.07. The van der Waals surface area contributed by atoms with Crippen LogP contribution in [0.3, 0.4) is 0 Å². The maximum Gasteiger partial charge on any atom is 0.115 e. The number of aromatic nitrogens is 2. The summed E-state index contributed by atoms with van der Waals surface area (Å²) in [7, 11) is 0. The third-order valence-corrected chi connectivity index (χ3v) is 2.02. The number of nitrogens with zero attached hydrogens (tertiary/aromatic N) is 2. The van der Waals surface area contributed by atoms with Gasteiger partial charge in [-0.2, -0.15) is 0 Å². The van der Waals surface area contributed by atoms with E-state index >= 15 is 0 Å². The maximum atomic E-state index is 4.19. The van der Waals surface area contributed by atoms with Crippen LogP contribution in [0.1, 0.15) is 24.6 Å². The fourth-order valence-electron chi connectivity index (χ4n) is 1.44. The second kappa shape index (κ2) is 2.96. The molecule has 2 heterocycles. The summed E-state index contributed by atoms with van der Waals surface area (Å²) >= 11 is 0. The quantitative estimate of drug-likeness (QED) is 0.644. The van der Waals surface area contributed by atoms with Crippen LogP contribution in [0.4, 0.5) is 0 Å². The molecule has 0 spiro atoms. The Hall–Kier alpha value is -0.960. The van der Waals surface area contributed by atoms with Crippen molar-refractivity contribution >= 4 is 0 Å². The zero-order chi connectivity index (χ0) is 7.52. The lowest BCUT2D eigenvalue weighted by Crippen LogP contribution is -2.13. The Morgan fingerprint density at radius 1 is 1.55 bits per heavy atom. The monoisotopic (exact) mass is 149 g/mol. The molecule has 0 aliphatic carbocycles. The highest BCUT2D eigenvalue weighted by Crippen LogP contribution is 2.19. The summed E-state index contributed by atoms with van der Waals surface area (Å²) in [5.74, 6) is 0. The summed E-state index contributed by atoms with van der Waals surface area (Å²) in [6, 6.07) is 2.45. The molecule has 0 saturated carbocycles. The minimum absolute atomic E-state index is 0.470. The number of hydrogen-bond donors (Lipinski definition) is 1. The average molecular weight is 149 g/mol. The zero-order valence-electron chi connectivity index (χ0n) is 6.33. The van der Waals surface area contributed by atoms with E-state index in [9.17, 15) is 0 Å². The van der Waals surface area contributed by atoms with Gasteiger partial charge in [-0.15, -0.1) is 0 Å². The summed E-state index contributed by atoms with van der Waals surface area (Å²) in [5.41, 5.74) is 1.12. The van der Waals surface area contributed by atoms with Gasteiger partial charge in [-0.3, -0.25) is 0 Å². The van der Waals surface area contributed by atoms with Crippen LogP contribution in [0.25, 0.3) is 0 Å². The van der Waals surface area contributed by atoms with Crippen molar-refractivity contribution < 1.29 is 0 Å². The van der Waals surface area contributed by atoms with Gasteiger partial charge in [0.15, 0.2) is 0 Å². The van der Waals surface area contributed by atoms with E-state index in [0.717, 1.165) is 12.2 Å². The molecule has 0 unspecified atom stereocenters. The lowest BCUT2D eigenvalue weighted by Gasteiger charge is -2.07. The molecule has 11 heavy (non-hydrogen) atoms. The predicted molar refractivity (Wildman–Crippen MR) is 42.0 cm³/mol. The largest absolute Gasteiger partial charge is 0.309 e. The molecule has 1 aliphatic heterocycles. The summed E-state index contributed by atoms with van der Waals surface area (Å²) in [6.07, 6.45) is 5.86. The highest BCUT2D eigenvalue weighted by molar-refractivity contribution is 5.05. The molecule has 3 heteroatoms. The molecule has 1 aromatic rings. The van der Waals surface area contributed by atoms with Crippen molar-refractivity contribution in [3.05, 3.63) is 24.3 Å². The van der Waals surface area contributed by atoms with Crippen molar-refractivity contribution in [3.63, 3.8) is 0 Å². The minimum Gasteiger partial charge on any atom is -0.309 e. The van der Waals surface area contributed by atoms with Gasteiger partial charge in [0.2, 0.25) is 0 Å². The first kappa shape index (κ1) is 6.73. The van der Waals surface area contributed by atoms with E-state index in [-0.39, 0.29) is 0 Å². The smallest absolute Gasteiger partial charge is 0.115 e. The molecular weight excluding hydrogens is 138 g/mol. The molecule has 0 aromatic carbocycles. The summed E-state index contributed by atoms with van der Waals surface area (Å²) in [5, 5.41) is 3.38. The van der Waals surface area contributed by atoms with Crippen LogP contribution in [0.5, 0.6) is 0 Å². The van der Waals surface area contributed by atoms with E-state index in [4.69, 9.17) is 0 Å². The second-order valence-corrected chi connectivity index (χ2v) is 2.78. The van der Waals surface area contributed by atoms with Gasteiger partial charge in [0.1, 0.15) is 6.33 Å². The van der Waals surface area contributed by atoms with Crippen molar-refractivity contribution in [1.29, 1.82) is 0 Å². The molecule has 0 radical (unpaired) electrons. The van der Waals surface area contributed by atoms with Crippen LogP contribution in [0.2, 0.25) is 0 Å². The van der Waals surface area contributed by atoms with E-state index in [1.807, 2.05) is 6.07 Å². The lowest BCUT2D eigenvalue weighted by molar-refractivity contribution is 0.625. The highest BCUT2D eigenvalue weighted by atomic mass is 15.0. The first-order valence-electron chi connectivity index (χ1n) is 3.96. The Bertz CT molecular complexity index is 216. The lowest BCUT2D eigenvalue weighted by atomic mass is 10.1. The van der Waals surface area contributed by atoms with Crippen molar-refractivity contribution in [3.8, 4) is 0 Å². The topological polar surface area (TPSA) is 37.8 Å². The normalized spacial score (nSPS) is 23.8. The first-order valence-corrected chi connectivity index (χ1v) is 3.96. The Morgan fingerprint density at radius 2 is 2.55 bits per heavy atom. The van der Waals surface area contributed by atoms with Gasteiger partial charge >= 0.3 is 0 Å². The number of nitrogens with one attached hydrogen (secondary N) is 1. The molecule has 0 bridgehead atoms. The molecule has 1 atom stereocenters. The predicted octanol–water partition coefficient (Wildman–Crippen LogP) is 0.901. The molecule has 1 aromatic heterocycles. The van der Waals surface area contributed by atoms with Gasteiger partial charge in [0, 0.05) is 12.2 Å². The van der Waals surface area contributed by atoms with Crippen molar-refractivity contribution in [1.82, 2.24) is 15.3 Å². The maximum absolute atomic E-state index is 4.19. The van der Waals surface area contributed by atoms with Gasteiger partial charge < -0.3 is 5.32 Å². The molecule has 1 fully saturated rings. The van der Waals surface area contributed by atoms with Crippen LogP contribution in [0.15, 0.2) is 18.6 Å². The molecule has 0 amide bonds. The van der Waals surface area contributed by atoms with Crippen LogP contribution in [-0.4, -0.2) is 16.5 Å². The Morgan fingerprint density at radius 3 is 3.18 bits per heavy atom. The van der Waals surface area contributed by atoms with Crippen LogP contribution >= 0.6 is 0 Å². The van der Waals surface area contributed by atoms with Crippen molar-refractivity contribution in [2.45, 2.75) is 18.9 Å². The second-order valence-electron chi connectivity index (χ2n) is 2.78. The van der Waals surface area contributed by atoms with Crippen LogP contribution < -0.4 is 5.32 Å². The van der Waals surface area contributed by atoms with Crippen molar-refractivity contribution in [2.75, 3.05) is 6.54 Å². The first-order chi connectivity index (χ1) is 5.47. The van der Waals surface area contributed by atoms with E-state index in [1.165, 1.54) is 12.8 Å². The standard InChI is InChI=1S/C8H11N3/c1-2-7(10-4-1)8-3-5-9-6-11-8/h3,5-7,10H,1-2,4H2/t7-/m1/s1. The third kappa shape index (κ3) is 1.38. The zero-order valence-corrected chi connectivity index (χ0v) is 6.33. The van der Waals surface area contributed by atoms with E-state index in [0.29, 0.717) is 6.04 Å². The van der Waals surface area contributed by atoms with Gasteiger partial charge in [-0.25, -0.2) is 9.97 Å². The third-order valence-electron chi connectivity index (χ3n) is 2.02. The van der Waals surface area contributed by atoms with Crippen LogP contribution in [-0.2, 0) is 0 Å². The summed E-state index contributed by atoms with van der Waals surface area (Å²) < 4.78 is 0. The minimum atomic E-state index is 0.470. The molecule has 1 N–H and O–H groups in total. The van der Waals surface area contributed by atoms with E-state index < -0.39 is 0 Å². The fourth-order valence-corrected chi connectivity index (χ4v) is 1.44. The molecule has 3 nitrogen and oxygen atoms in total. The SMILES string of the molecule is c1cc([C@H]2CCCN2)ncn1. The molecule has 58 valence electrons.